The summed E-state index contributed by atoms with van der Waals surface area (Å²) in [5.74, 6) is 0.165. The first-order valence-electron chi connectivity index (χ1n) is 7.23. The van der Waals surface area contributed by atoms with Crippen LogP contribution in [0.25, 0.3) is 0 Å². The van der Waals surface area contributed by atoms with Crippen molar-refractivity contribution in [3.05, 3.63) is 53.9 Å². The monoisotopic (exact) mass is 323 g/mol. The number of benzene rings is 1. The molecule has 0 aliphatic carbocycles. The molecule has 1 aliphatic rings. The molecular formula is C17H16F3NO2. The van der Waals surface area contributed by atoms with Gasteiger partial charge in [0.2, 0.25) is 0 Å². The number of hydrogen-bond donors (Lipinski definition) is 0. The highest BCUT2D eigenvalue weighted by Gasteiger charge is 2.37. The van der Waals surface area contributed by atoms with E-state index in [0.717, 1.165) is 5.69 Å². The summed E-state index contributed by atoms with van der Waals surface area (Å²) < 4.78 is 47.3. The molecule has 1 unspecified atom stereocenters. The highest BCUT2D eigenvalue weighted by Crippen LogP contribution is 2.45. The minimum atomic E-state index is -4.72. The van der Waals surface area contributed by atoms with Gasteiger partial charge in [0, 0.05) is 23.4 Å². The molecule has 0 N–H and O–H groups in total. The molecule has 0 bridgehead atoms. The number of pyridine rings is 1. The lowest BCUT2D eigenvalue weighted by atomic mass is 9.82. The summed E-state index contributed by atoms with van der Waals surface area (Å²) in [6, 6.07) is 9.71. The summed E-state index contributed by atoms with van der Waals surface area (Å²) >= 11 is 0. The second kappa shape index (κ2) is 5.44. The Bertz CT molecular complexity index is 699. The number of halogens is 3. The molecule has 0 radical (unpaired) electrons. The van der Waals surface area contributed by atoms with E-state index in [-0.39, 0.29) is 11.7 Å². The van der Waals surface area contributed by atoms with E-state index in [1.54, 1.807) is 12.3 Å². The summed E-state index contributed by atoms with van der Waals surface area (Å²) in [5, 5.41) is 0. The Labute approximate surface area is 132 Å². The molecule has 1 aliphatic heterocycles. The van der Waals surface area contributed by atoms with E-state index in [1.165, 1.54) is 18.2 Å². The molecule has 122 valence electrons. The van der Waals surface area contributed by atoms with Crippen molar-refractivity contribution >= 4 is 0 Å². The fourth-order valence-corrected chi connectivity index (χ4v) is 2.88. The average Bonchev–Trinajstić information content (AvgIpc) is 2.45. The Morgan fingerprint density at radius 2 is 2.00 bits per heavy atom. The third-order valence-corrected chi connectivity index (χ3v) is 3.72. The van der Waals surface area contributed by atoms with Gasteiger partial charge in [-0.15, -0.1) is 13.2 Å². The van der Waals surface area contributed by atoms with Crippen LogP contribution in [0.2, 0.25) is 0 Å². The second-order valence-corrected chi connectivity index (χ2v) is 6.12. The van der Waals surface area contributed by atoms with Crippen LogP contribution in [-0.2, 0) is 0 Å². The highest BCUT2D eigenvalue weighted by molar-refractivity contribution is 5.47. The zero-order chi connectivity index (χ0) is 16.7. The topological polar surface area (TPSA) is 31.4 Å². The molecule has 0 fully saturated rings. The van der Waals surface area contributed by atoms with Gasteiger partial charge in [0.15, 0.2) is 0 Å². The maximum atomic E-state index is 12.5. The SMILES string of the molecule is CC1(C)CC(c2ccccn2)c2cc(OC(F)(F)F)ccc2O1. The lowest BCUT2D eigenvalue weighted by molar-refractivity contribution is -0.274. The van der Waals surface area contributed by atoms with Crippen LogP contribution in [0.3, 0.4) is 0 Å². The smallest absolute Gasteiger partial charge is 0.488 e. The third kappa shape index (κ3) is 3.57. The maximum absolute atomic E-state index is 12.5. The maximum Gasteiger partial charge on any atom is 0.573 e. The van der Waals surface area contributed by atoms with Gasteiger partial charge in [-0.05, 0) is 50.6 Å². The molecular weight excluding hydrogens is 307 g/mol. The molecule has 1 atom stereocenters. The molecule has 1 aromatic heterocycles. The van der Waals surface area contributed by atoms with Crippen molar-refractivity contribution in [2.45, 2.75) is 38.1 Å². The number of hydrogen-bond acceptors (Lipinski definition) is 3. The standard InChI is InChI=1S/C17H16F3NO2/c1-16(2)10-13(14-5-3-4-8-21-14)12-9-11(22-17(18,19)20)6-7-15(12)23-16/h3-9,13H,10H2,1-2H3. The fourth-order valence-electron chi connectivity index (χ4n) is 2.88. The quantitative estimate of drug-likeness (QED) is 0.804. The number of alkyl halides is 3. The van der Waals surface area contributed by atoms with E-state index >= 15 is 0 Å². The summed E-state index contributed by atoms with van der Waals surface area (Å²) in [5.41, 5.74) is 1.03. The van der Waals surface area contributed by atoms with Crippen LogP contribution in [-0.4, -0.2) is 16.9 Å². The van der Waals surface area contributed by atoms with Gasteiger partial charge in [-0.25, -0.2) is 0 Å². The number of ether oxygens (including phenoxy) is 2. The van der Waals surface area contributed by atoms with Crippen LogP contribution in [0.1, 0.15) is 37.4 Å². The number of aromatic nitrogens is 1. The first kappa shape index (κ1) is 15.6. The number of rotatable bonds is 2. The summed E-state index contributed by atoms with van der Waals surface area (Å²) in [6.07, 6.45) is -2.43. The molecule has 3 rings (SSSR count). The van der Waals surface area contributed by atoms with Crippen molar-refractivity contribution in [3.63, 3.8) is 0 Å². The van der Waals surface area contributed by atoms with E-state index in [4.69, 9.17) is 4.74 Å². The van der Waals surface area contributed by atoms with Crippen molar-refractivity contribution in [2.75, 3.05) is 0 Å². The molecule has 6 heteroatoms. The molecule has 23 heavy (non-hydrogen) atoms. The zero-order valence-electron chi connectivity index (χ0n) is 12.7. The van der Waals surface area contributed by atoms with Crippen LogP contribution in [0.5, 0.6) is 11.5 Å². The van der Waals surface area contributed by atoms with Crippen molar-refractivity contribution in [1.29, 1.82) is 0 Å². The van der Waals surface area contributed by atoms with E-state index < -0.39 is 12.0 Å². The van der Waals surface area contributed by atoms with E-state index in [9.17, 15) is 13.2 Å². The van der Waals surface area contributed by atoms with Gasteiger partial charge in [0.1, 0.15) is 17.1 Å². The first-order valence-corrected chi connectivity index (χ1v) is 7.23. The van der Waals surface area contributed by atoms with Crippen LogP contribution in [0.4, 0.5) is 13.2 Å². The largest absolute Gasteiger partial charge is 0.573 e. The van der Waals surface area contributed by atoms with Gasteiger partial charge < -0.3 is 9.47 Å². The predicted molar refractivity (Wildman–Crippen MR) is 78.5 cm³/mol. The zero-order valence-corrected chi connectivity index (χ0v) is 12.7. The third-order valence-electron chi connectivity index (χ3n) is 3.72. The lowest BCUT2D eigenvalue weighted by Crippen LogP contribution is -2.35. The van der Waals surface area contributed by atoms with E-state index in [1.807, 2.05) is 26.0 Å². The molecule has 1 aromatic carbocycles. The molecule has 0 saturated carbocycles. The van der Waals surface area contributed by atoms with Crippen LogP contribution >= 0.6 is 0 Å². The molecule has 0 amide bonds. The van der Waals surface area contributed by atoms with Crippen molar-refractivity contribution < 1.29 is 22.6 Å². The van der Waals surface area contributed by atoms with E-state index in [0.29, 0.717) is 17.7 Å². The molecule has 3 nitrogen and oxygen atoms in total. The van der Waals surface area contributed by atoms with Crippen LogP contribution in [0.15, 0.2) is 42.6 Å². The molecule has 2 aromatic rings. The van der Waals surface area contributed by atoms with Gasteiger partial charge in [-0.2, -0.15) is 0 Å². The minimum absolute atomic E-state index is 0.147. The molecule has 0 saturated heterocycles. The Morgan fingerprint density at radius 1 is 1.22 bits per heavy atom. The van der Waals surface area contributed by atoms with Crippen LogP contribution in [0, 0.1) is 0 Å². The average molecular weight is 323 g/mol. The van der Waals surface area contributed by atoms with Gasteiger partial charge in [0.05, 0.1) is 0 Å². The minimum Gasteiger partial charge on any atom is -0.488 e. The van der Waals surface area contributed by atoms with Crippen molar-refractivity contribution in [3.8, 4) is 11.5 Å². The summed E-state index contributed by atoms with van der Waals surface area (Å²) in [7, 11) is 0. The Balaban J connectivity index is 2.04. The van der Waals surface area contributed by atoms with Crippen LogP contribution < -0.4 is 9.47 Å². The Hall–Kier alpha value is -2.24. The Morgan fingerprint density at radius 3 is 2.65 bits per heavy atom. The second-order valence-electron chi connectivity index (χ2n) is 6.12. The highest BCUT2D eigenvalue weighted by atomic mass is 19.4. The van der Waals surface area contributed by atoms with Gasteiger partial charge in [-0.1, -0.05) is 6.07 Å². The normalized spacial score (nSPS) is 19.6. The number of fused-ring (bicyclic) bond motifs is 1. The van der Waals surface area contributed by atoms with Crippen molar-refractivity contribution in [2.24, 2.45) is 0 Å². The molecule has 0 spiro atoms. The number of nitrogens with zero attached hydrogens (tertiary/aromatic N) is 1. The summed E-state index contributed by atoms with van der Waals surface area (Å²) in [6.45, 7) is 3.90. The summed E-state index contributed by atoms with van der Waals surface area (Å²) in [4.78, 5) is 4.35. The Kier molecular flexibility index (Phi) is 3.70. The lowest BCUT2D eigenvalue weighted by Gasteiger charge is -2.37. The van der Waals surface area contributed by atoms with Gasteiger partial charge >= 0.3 is 6.36 Å². The predicted octanol–water partition coefficient (Wildman–Crippen LogP) is 4.67. The fraction of sp³-hybridized carbons (Fsp3) is 0.353. The van der Waals surface area contributed by atoms with Gasteiger partial charge in [-0.3, -0.25) is 4.98 Å². The van der Waals surface area contributed by atoms with Gasteiger partial charge in [0.25, 0.3) is 0 Å². The molecule has 2 heterocycles. The van der Waals surface area contributed by atoms with E-state index in [2.05, 4.69) is 9.72 Å². The first-order chi connectivity index (χ1) is 10.7. The van der Waals surface area contributed by atoms with Crippen molar-refractivity contribution in [1.82, 2.24) is 4.98 Å².